The van der Waals surface area contributed by atoms with Gasteiger partial charge in [0.2, 0.25) is 0 Å². The maximum absolute atomic E-state index is 8.77. The van der Waals surface area contributed by atoms with Crippen molar-refractivity contribution in [2.45, 2.75) is 0 Å². The van der Waals surface area contributed by atoms with Crippen molar-refractivity contribution < 1.29 is 0 Å². The van der Waals surface area contributed by atoms with E-state index in [1.165, 1.54) is 5.39 Å². The van der Waals surface area contributed by atoms with Crippen LogP contribution in [-0.2, 0) is 0 Å². The lowest BCUT2D eigenvalue weighted by atomic mass is 10.1. The van der Waals surface area contributed by atoms with Crippen molar-refractivity contribution in [2.24, 2.45) is 0 Å². The molecule has 76 valence electrons. The minimum Gasteiger partial charge on any atom is -0.361 e. The highest BCUT2D eigenvalue weighted by atomic mass is 14.7. The van der Waals surface area contributed by atoms with Crippen LogP contribution in [0.1, 0.15) is 5.69 Å². The SMILES string of the molecule is N#Cc1cc(-c2c[nH]c3ccccc23)c[nH]1. The molecule has 3 heteroatoms. The first-order valence-corrected chi connectivity index (χ1v) is 5.03. The fraction of sp³-hybridized carbons (Fsp3) is 0. The second-order valence-corrected chi connectivity index (χ2v) is 3.66. The first kappa shape index (κ1) is 8.81. The highest BCUT2D eigenvalue weighted by Crippen LogP contribution is 2.28. The summed E-state index contributed by atoms with van der Waals surface area (Å²) in [5, 5.41) is 9.94. The smallest absolute Gasteiger partial charge is 0.118 e. The van der Waals surface area contributed by atoms with Gasteiger partial charge < -0.3 is 9.97 Å². The average molecular weight is 207 g/mol. The average Bonchev–Trinajstić information content (AvgIpc) is 2.94. The van der Waals surface area contributed by atoms with E-state index in [9.17, 15) is 0 Å². The predicted molar refractivity (Wildman–Crippen MR) is 62.8 cm³/mol. The van der Waals surface area contributed by atoms with Gasteiger partial charge >= 0.3 is 0 Å². The molecule has 2 aromatic heterocycles. The quantitative estimate of drug-likeness (QED) is 0.633. The van der Waals surface area contributed by atoms with Gasteiger partial charge in [0, 0.05) is 34.4 Å². The molecule has 0 aliphatic carbocycles. The van der Waals surface area contributed by atoms with E-state index in [1.807, 2.05) is 36.7 Å². The van der Waals surface area contributed by atoms with Crippen molar-refractivity contribution in [3.63, 3.8) is 0 Å². The number of aromatic amines is 2. The number of para-hydroxylation sites is 1. The molecule has 2 N–H and O–H groups in total. The lowest BCUT2D eigenvalue weighted by molar-refractivity contribution is 1.33. The van der Waals surface area contributed by atoms with Gasteiger partial charge in [0.25, 0.3) is 0 Å². The van der Waals surface area contributed by atoms with E-state index in [-0.39, 0.29) is 0 Å². The number of hydrogen-bond donors (Lipinski definition) is 2. The molecule has 1 aromatic carbocycles. The van der Waals surface area contributed by atoms with Gasteiger partial charge in [-0.15, -0.1) is 0 Å². The zero-order valence-corrected chi connectivity index (χ0v) is 8.49. The van der Waals surface area contributed by atoms with E-state index in [0.29, 0.717) is 5.69 Å². The van der Waals surface area contributed by atoms with Crippen LogP contribution < -0.4 is 0 Å². The van der Waals surface area contributed by atoms with E-state index in [1.54, 1.807) is 0 Å². The zero-order valence-electron chi connectivity index (χ0n) is 8.49. The summed E-state index contributed by atoms with van der Waals surface area (Å²) in [7, 11) is 0. The minimum absolute atomic E-state index is 0.584. The van der Waals surface area contributed by atoms with E-state index in [0.717, 1.165) is 16.6 Å². The Bertz CT molecular complexity index is 682. The summed E-state index contributed by atoms with van der Waals surface area (Å²) in [6, 6.07) is 12.1. The van der Waals surface area contributed by atoms with Crippen LogP contribution in [-0.4, -0.2) is 9.97 Å². The number of fused-ring (bicyclic) bond motifs is 1. The molecule has 3 aromatic rings. The fourth-order valence-corrected chi connectivity index (χ4v) is 1.92. The van der Waals surface area contributed by atoms with Gasteiger partial charge in [0.1, 0.15) is 11.8 Å². The fourth-order valence-electron chi connectivity index (χ4n) is 1.92. The van der Waals surface area contributed by atoms with Gasteiger partial charge in [0.05, 0.1) is 0 Å². The second-order valence-electron chi connectivity index (χ2n) is 3.66. The van der Waals surface area contributed by atoms with E-state index in [2.05, 4.69) is 22.1 Å². The third-order valence-corrected chi connectivity index (χ3v) is 2.70. The van der Waals surface area contributed by atoms with Gasteiger partial charge in [-0.2, -0.15) is 5.26 Å². The third kappa shape index (κ3) is 1.21. The van der Waals surface area contributed by atoms with Crippen LogP contribution in [0, 0.1) is 11.3 Å². The molecule has 0 aliphatic rings. The minimum atomic E-state index is 0.584. The van der Waals surface area contributed by atoms with Crippen LogP contribution in [0.2, 0.25) is 0 Å². The van der Waals surface area contributed by atoms with E-state index < -0.39 is 0 Å². The predicted octanol–water partition coefficient (Wildman–Crippen LogP) is 3.03. The molecule has 0 spiro atoms. The molecule has 0 saturated heterocycles. The Morgan fingerprint density at radius 3 is 2.75 bits per heavy atom. The van der Waals surface area contributed by atoms with Crippen LogP contribution in [0.3, 0.4) is 0 Å². The Kier molecular flexibility index (Phi) is 1.81. The first-order chi connectivity index (χ1) is 7.88. The number of rotatable bonds is 1. The van der Waals surface area contributed by atoms with Crippen LogP contribution >= 0.6 is 0 Å². The van der Waals surface area contributed by atoms with Crippen LogP contribution in [0.15, 0.2) is 42.7 Å². The molecule has 0 aliphatic heterocycles. The van der Waals surface area contributed by atoms with Crippen molar-refractivity contribution in [1.29, 1.82) is 5.26 Å². The molecule has 3 nitrogen and oxygen atoms in total. The molecule has 0 fully saturated rings. The second kappa shape index (κ2) is 3.28. The molecular formula is C13H9N3. The van der Waals surface area contributed by atoms with Crippen LogP contribution in [0.5, 0.6) is 0 Å². The van der Waals surface area contributed by atoms with Crippen molar-refractivity contribution in [3.8, 4) is 17.2 Å². The van der Waals surface area contributed by atoms with Gasteiger partial charge in [-0.05, 0) is 12.1 Å². The molecule has 0 amide bonds. The van der Waals surface area contributed by atoms with Gasteiger partial charge in [-0.1, -0.05) is 18.2 Å². The zero-order chi connectivity index (χ0) is 11.0. The molecule has 0 bridgehead atoms. The van der Waals surface area contributed by atoms with Crippen molar-refractivity contribution in [3.05, 3.63) is 48.4 Å². The summed E-state index contributed by atoms with van der Waals surface area (Å²) in [5.41, 5.74) is 3.85. The Labute approximate surface area is 92.3 Å². The molecular weight excluding hydrogens is 198 g/mol. The summed E-state index contributed by atoms with van der Waals surface area (Å²) >= 11 is 0. The summed E-state index contributed by atoms with van der Waals surface area (Å²) in [6.07, 6.45) is 3.82. The maximum atomic E-state index is 8.77. The summed E-state index contributed by atoms with van der Waals surface area (Å²) < 4.78 is 0. The number of H-pyrrole nitrogens is 2. The Hall–Kier alpha value is -2.47. The Morgan fingerprint density at radius 2 is 1.94 bits per heavy atom. The van der Waals surface area contributed by atoms with Gasteiger partial charge in [0.15, 0.2) is 0 Å². The maximum Gasteiger partial charge on any atom is 0.118 e. The van der Waals surface area contributed by atoms with Crippen LogP contribution in [0.25, 0.3) is 22.0 Å². The summed E-state index contributed by atoms with van der Waals surface area (Å²) in [4.78, 5) is 6.15. The van der Waals surface area contributed by atoms with Crippen LogP contribution in [0.4, 0.5) is 0 Å². The lowest BCUT2D eigenvalue weighted by Gasteiger charge is -1.93. The van der Waals surface area contributed by atoms with Gasteiger partial charge in [-0.25, -0.2) is 0 Å². The van der Waals surface area contributed by atoms with E-state index in [4.69, 9.17) is 5.26 Å². The highest BCUT2D eigenvalue weighted by molar-refractivity contribution is 5.95. The number of nitrogens with zero attached hydrogens (tertiary/aromatic N) is 1. The molecule has 0 atom stereocenters. The molecule has 0 unspecified atom stereocenters. The highest BCUT2D eigenvalue weighted by Gasteiger charge is 2.06. The molecule has 3 rings (SSSR count). The number of benzene rings is 1. The number of aromatic nitrogens is 2. The summed E-state index contributed by atoms with van der Waals surface area (Å²) in [6.45, 7) is 0. The number of nitrogens with one attached hydrogen (secondary N) is 2. The Balaban J connectivity index is 2.23. The number of nitriles is 1. The topological polar surface area (TPSA) is 55.4 Å². The lowest BCUT2D eigenvalue weighted by Crippen LogP contribution is -1.69. The first-order valence-electron chi connectivity index (χ1n) is 5.03. The molecule has 16 heavy (non-hydrogen) atoms. The van der Waals surface area contributed by atoms with Crippen molar-refractivity contribution in [2.75, 3.05) is 0 Å². The normalized spacial score (nSPS) is 10.4. The molecule has 2 heterocycles. The third-order valence-electron chi connectivity index (χ3n) is 2.70. The Morgan fingerprint density at radius 1 is 1.06 bits per heavy atom. The van der Waals surface area contributed by atoms with E-state index >= 15 is 0 Å². The molecule has 0 saturated carbocycles. The summed E-state index contributed by atoms with van der Waals surface area (Å²) in [5.74, 6) is 0. The van der Waals surface area contributed by atoms with Crippen molar-refractivity contribution >= 4 is 10.9 Å². The number of hydrogen-bond acceptors (Lipinski definition) is 1. The van der Waals surface area contributed by atoms with Crippen molar-refractivity contribution in [1.82, 2.24) is 9.97 Å². The standard InChI is InChI=1S/C13H9N3/c14-6-10-5-9(7-15-10)12-8-16-13-4-2-1-3-11(12)13/h1-5,7-8,15-16H. The monoisotopic (exact) mass is 207 g/mol. The largest absolute Gasteiger partial charge is 0.361 e. The molecule has 0 radical (unpaired) electrons. The van der Waals surface area contributed by atoms with Gasteiger partial charge in [-0.3, -0.25) is 0 Å².